The minimum absolute atomic E-state index is 0.140. The van der Waals surface area contributed by atoms with E-state index in [4.69, 9.17) is 4.74 Å². The van der Waals surface area contributed by atoms with Crippen molar-refractivity contribution in [3.05, 3.63) is 113 Å². The van der Waals surface area contributed by atoms with Crippen molar-refractivity contribution in [1.82, 2.24) is 5.32 Å². The summed E-state index contributed by atoms with van der Waals surface area (Å²) in [5.41, 5.74) is 4.13. The molecule has 1 amide bonds. The molecule has 0 atom stereocenters. The molecule has 4 nitrogen and oxygen atoms in total. The molecular formula is C28H22N2O2S. The first kappa shape index (κ1) is 21.0. The van der Waals surface area contributed by atoms with E-state index in [9.17, 15) is 4.79 Å². The van der Waals surface area contributed by atoms with E-state index < -0.39 is 0 Å². The summed E-state index contributed by atoms with van der Waals surface area (Å²) in [6, 6.07) is 30.1. The van der Waals surface area contributed by atoms with E-state index in [0.717, 1.165) is 33.3 Å². The van der Waals surface area contributed by atoms with Crippen molar-refractivity contribution < 1.29 is 9.53 Å². The number of fused-ring (bicyclic) bond motifs is 1. The molecule has 0 bridgehead atoms. The Morgan fingerprint density at radius 3 is 2.48 bits per heavy atom. The summed E-state index contributed by atoms with van der Waals surface area (Å²) in [5.74, 6) is 0.651. The number of carbonyl (C=O) groups is 1. The predicted octanol–water partition coefficient (Wildman–Crippen LogP) is 6.62. The number of carbonyl (C=O) groups excluding carboxylic acids is 1. The van der Waals surface area contributed by atoms with Crippen LogP contribution in [-0.2, 0) is 11.4 Å². The van der Waals surface area contributed by atoms with Gasteiger partial charge in [-0.3, -0.25) is 4.79 Å². The van der Waals surface area contributed by atoms with Gasteiger partial charge in [0.1, 0.15) is 12.4 Å². The van der Waals surface area contributed by atoms with Gasteiger partial charge in [-0.1, -0.05) is 78.4 Å². The van der Waals surface area contributed by atoms with Crippen LogP contribution in [0.2, 0.25) is 0 Å². The Bertz CT molecular complexity index is 1370. The van der Waals surface area contributed by atoms with E-state index in [-0.39, 0.29) is 5.91 Å². The first-order chi connectivity index (χ1) is 16.1. The lowest BCUT2D eigenvalue weighted by Crippen LogP contribution is -2.19. The molecule has 4 aromatic rings. The zero-order valence-corrected chi connectivity index (χ0v) is 18.9. The minimum Gasteiger partial charge on any atom is -0.489 e. The van der Waals surface area contributed by atoms with Crippen molar-refractivity contribution in [3.8, 4) is 5.75 Å². The second-order valence-electron chi connectivity index (χ2n) is 7.82. The molecule has 5 rings (SSSR count). The highest BCUT2D eigenvalue weighted by Gasteiger charge is 2.24. The van der Waals surface area contributed by atoms with Gasteiger partial charge in [-0.05, 0) is 59.5 Å². The molecule has 1 aliphatic heterocycles. The van der Waals surface area contributed by atoms with Gasteiger partial charge in [-0.25, -0.2) is 4.99 Å². The van der Waals surface area contributed by atoms with Gasteiger partial charge >= 0.3 is 0 Å². The Balaban J connectivity index is 1.28. The molecule has 1 saturated heterocycles. The molecule has 33 heavy (non-hydrogen) atoms. The van der Waals surface area contributed by atoms with Crippen molar-refractivity contribution in [2.75, 3.05) is 0 Å². The largest absolute Gasteiger partial charge is 0.489 e. The highest BCUT2D eigenvalue weighted by atomic mass is 32.2. The Kier molecular flexibility index (Phi) is 5.96. The van der Waals surface area contributed by atoms with E-state index in [1.54, 1.807) is 0 Å². The highest BCUT2D eigenvalue weighted by molar-refractivity contribution is 8.18. The molecule has 0 radical (unpaired) electrons. The fraction of sp³-hybridized carbons (Fsp3) is 0.0714. The van der Waals surface area contributed by atoms with E-state index in [2.05, 4.69) is 53.6 Å². The number of ether oxygens (including phenoxy) is 1. The van der Waals surface area contributed by atoms with Gasteiger partial charge in [0.15, 0.2) is 5.17 Å². The molecule has 5 heteroatoms. The molecule has 162 valence electrons. The number of aryl methyl sites for hydroxylation is 1. The molecular weight excluding hydrogens is 428 g/mol. The van der Waals surface area contributed by atoms with Gasteiger partial charge < -0.3 is 10.1 Å². The molecule has 4 aromatic carbocycles. The van der Waals surface area contributed by atoms with Crippen LogP contribution in [0.5, 0.6) is 5.75 Å². The number of hydrogen-bond acceptors (Lipinski definition) is 4. The van der Waals surface area contributed by atoms with E-state index in [0.29, 0.717) is 16.7 Å². The number of hydrogen-bond donors (Lipinski definition) is 1. The number of thioether (sulfide) groups is 1. The number of aliphatic imine (C=N–C) groups is 1. The number of amidine groups is 1. The van der Waals surface area contributed by atoms with Gasteiger partial charge in [0.25, 0.3) is 5.91 Å². The maximum atomic E-state index is 12.5. The highest BCUT2D eigenvalue weighted by Crippen LogP contribution is 2.31. The number of nitrogens with one attached hydrogen (secondary N) is 1. The maximum Gasteiger partial charge on any atom is 0.264 e. The molecule has 1 aliphatic rings. The summed E-state index contributed by atoms with van der Waals surface area (Å²) >= 11 is 1.35. The molecule has 1 N–H and O–H groups in total. The van der Waals surface area contributed by atoms with Crippen molar-refractivity contribution in [3.63, 3.8) is 0 Å². The summed E-state index contributed by atoms with van der Waals surface area (Å²) in [5, 5.41) is 5.63. The zero-order chi connectivity index (χ0) is 22.6. The van der Waals surface area contributed by atoms with Crippen LogP contribution in [0.4, 0.5) is 5.69 Å². The van der Waals surface area contributed by atoms with Crippen molar-refractivity contribution in [2.45, 2.75) is 13.5 Å². The summed E-state index contributed by atoms with van der Waals surface area (Å²) in [4.78, 5) is 17.8. The van der Waals surface area contributed by atoms with Crippen LogP contribution in [0, 0.1) is 6.92 Å². The van der Waals surface area contributed by atoms with E-state index in [1.807, 2.05) is 60.7 Å². The third-order valence-electron chi connectivity index (χ3n) is 5.34. The van der Waals surface area contributed by atoms with Crippen molar-refractivity contribution in [2.24, 2.45) is 4.99 Å². The van der Waals surface area contributed by atoms with Crippen LogP contribution < -0.4 is 10.1 Å². The fourth-order valence-electron chi connectivity index (χ4n) is 3.56. The van der Waals surface area contributed by atoms with E-state index in [1.165, 1.54) is 17.3 Å². The predicted molar refractivity (Wildman–Crippen MR) is 137 cm³/mol. The summed E-state index contributed by atoms with van der Waals surface area (Å²) in [6.07, 6.45) is 1.87. The molecule has 0 aromatic heterocycles. The lowest BCUT2D eigenvalue weighted by atomic mass is 10.1. The molecule has 1 heterocycles. The summed E-state index contributed by atoms with van der Waals surface area (Å²) in [6.45, 7) is 2.59. The van der Waals surface area contributed by atoms with Crippen molar-refractivity contribution >= 4 is 45.4 Å². The Hall–Kier alpha value is -3.83. The molecule has 0 saturated carbocycles. The second-order valence-corrected chi connectivity index (χ2v) is 8.85. The van der Waals surface area contributed by atoms with E-state index >= 15 is 0 Å². The van der Waals surface area contributed by atoms with Crippen LogP contribution in [0.1, 0.15) is 16.7 Å². The third kappa shape index (κ3) is 4.99. The average Bonchev–Trinajstić information content (AvgIpc) is 3.18. The average molecular weight is 451 g/mol. The minimum atomic E-state index is -0.140. The molecule has 1 fully saturated rings. The first-order valence-corrected chi connectivity index (χ1v) is 11.5. The Labute approximate surface area is 197 Å². The molecule has 0 aliphatic carbocycles. The normalized spacial score (nSPS) is 15.8. The SMILES string of the molecule is Cc1ccc(COc2ccc(C=C3SC(=Nc4cccc5ccccc45)NC3=O)cc2)cc1. The van der Waals surface area contributed by atoms with Crippen LogP contribution in [0.25, 0.3) is 16.8 Å². The second kappa shape index (κ2) is 9.35. The lowest BCUT2D eigenvalue weighted by molar-refractivity contribution is -0.115. The van der Waals surface area contributed by atoms with Gasteiger partial charge in [-0.15, -0.1) is 0 Å². The van der Waals surface area contributed by atoms with Crippen LogP contribution in [0.15, 0.2) is 101 Å². The fourth-order valence-corrected chi connectivity index (χ4v) is 4.39. The Morgan fingerprint density at radius 2 is 1.67 bits per heavy atom. The Morgan fingerprint density at radius 1 is 0.909 bits per heavy atom. The number of amides is 1. The summed E-state index contributed by atoms with van der Waals surface area (Å²) < 4.78 is 5.87. The number of nitrogens with zero attached hydrogens (tertiary/aromatic N) is 1. The zero-order valence-electron chi connectivity index (χ0n) is 18.1. The van der Waals surface area contributed by atoms with Crippen LogP contribution >= 0.6 is 11.8 Å². The standard InChI is InChI=1S/C28H22N2O2S/c1-19-9-11-21(12-10-19)18-32-23-15-13-20(14-16-23)17-26-27(31)30-28(33-26)29-25-8-4-6-22-5-2-3-7-24(22)25/h2-17H,18H2,1H3,(H,29,30,31). The quantitative estimate of drug-likeness (QED) is 0.348. The maximum absolute atomic E-state index is 12.5. The van der Waals surface area contributed by atoms with Crippen LogP contribution in [0.3, 0.4) is 0 Å². The summed E-state index contributed by atoms with van der Waals surface area (Å²) in [7, 11) is 0. The molecule has 0 spiro atoms. The third-order valence-corrected chi connectivity index (χ3v) is 6.25. The van der Waals surface area contributed by atoms with Gasteiger partial charge in [0.05, 0.1) is 10.6 Å². The topological polar surface area (TPSA) is 50.7 Å². The van der Waals surface area contributed by atoms with Gasteiger partial charge in [-0.2, -0.15) is 0 Å². The smallest absolute Gasteiger partial charge is 0.264 e. The number of benzene rings is 4. The van der Waals surface area contributed by atoms with Gasteiger partial charge in [0, 0.05) is 5.39 Å². The van der Waals surface area contributed by atoms with Crippen LogP contribution in [-0.4, -0.2) is 11.1 Å². The van der Waals surface area contributed by atoms with Gasteiger partial charge in [0.2, 0.25) is 0 Å². The first-order valence-electron chi connectivity index (χ1n) is 10.7. The number of rotatable bonds is 5. The monoisotopic (exact) mass is 450 g/mol. The van der Waals surface area contributed by atoms with Crippen molar-refractivity contribution in [1.29, 1.82) is 0 Å². The molecule has 0 unspecified atom stereocenters. The lowest BCUT2D eigenvalue weighted by Gasteiger charge is -2.07.